The van der Waals surface area contributed by atoms with Crippen LogP contribution in [0.1, 0.15) is 11.1 Å². The van der Waals surface area contributed by atoms with E-state index in [1.54, 1.807) is 0 Å². The molecule has 210 valence electrons. The third-order valence-electron chi connectivity index (χ3n) is 9.47. The highest BCUT2D eigenvalue weighted by Crippen LogP contribution is 2.54. The number of benzene rings is 8. The van der Waals surface area contributed by atoms with E-state index in [4.69, 9.17) is 0 Å². The number of hydrogen-bond donors (Lipinski definition) is 0. The number of hydrogen-bond acceptors (Lipinski definition) is 0. The Balaban J connectivity index is 1.53. The highest BCUT2D eigenvalue weighted by molar-refractivity contribution is 6.24. The van der Waals surface area contributed by atoms with Crippen LogP contribution in [-0.4, -0.2) is 0 Å². The molecule has 0 saturated heterocycles. The minimum atomic E-state index is 0.944. The number of fused-ring (bicyclic) bond motifs is 5. The summed E-state index contributed by atoms with van der Waals surface area (Å²) < 4.78 is 0. The van der Waals surface area contributed by atoms with Crippen molar-refractivity contribution in [3.63, 3.8) is 0 Å². The lowest BCUT2D eigenvalue weighted by Gasteiger charge is -2.25. The van der Waals surface area contributed by atoms with E-state index in [1.165, 1.54) is 88.3 Å². The summed E-state index contributed by atoms with van der Waals surface area (Å²) in [5.74, 6) is 0. The Morgan fingerprint density at radius 3 is 1.29 bits per heavy atom. The lowest BCUT2D eigenvalue weighted by atomic mass is 9.78. The molecule has 0 unspecified atom stereocenters. The molecule has 0 aliphatic heterocycles. The van der Waals surface area contributed by atoms with Gasteiger partial charge in [-0.1, -0.05) is 164 Å². The Bertz CT molecular complexity index is 2310. The average Bonchev–Trinajstić information content (AvgIpc) is 3.49. The highest BCUT2D eigenvalue weighted by Gasteiger charge is 2.29. The van der Waals surface area contributed by atoms with Gasteiger partial charge in [0.1, 0.15) is 0 Å². The van der Waals surface area contributed by atoms with Gasteiger partial charge in [0.25, 0.3) is 0 Å². The summed E-state index contributed by atoms with van der Waals surface area (Å²) in [5, 5.41) is 5.10. The van der Waals surface area contributed by atoms with Crippen LogP contribution in [0.3, 0.4) is 0 Å². The van der Waals surface area contributed by atoms with Crippen molar-refractivity contribution in [3.8, 4) is 55.6 Å². The Hall–Kier alpha value is -5.72. The molecule has 0 saturated carbocycles. The van der Waals surface area contributed by atoms with Crippen LogP contribution in [0.15, 0.2) is 170 Å². The summed E-state index contributed by atoms with van der Waals surface area (Å²) >= 11 is 0. The van der Waals surface area contributed by atoms with Gasteiger partial charge in [0.2, 0.25) is 0 Å². The fourth-order valence-electron chi connectivity index (χ4n) is 7.62. The van der Waals surface area contributed by atoms with E-state index >= 15 is 0 Å². The zero-order valence-corrected chi connectivity index (χ0v) is 24.9. The normalized spacial score (nSPS) is 11.9. The molecule has 0 heterocycles. The van der Waals surface area contributed by atoms with E-state index in [2.05, 4.69) is 170 Å². The van der Waals surface area contributed by atoms with Crippen molar-refractivity contribution in [1.82, 2.24) is 0 Å². The van der Waals surface area contributed by atoms with Crippen molar-refractivity contribution in [2.75, 3.05) is 0 Å². The molecule has 45 heavy (non-hydrogen) atoms. The van der Waals surface area contributed by atoms with Crippen LogP contribution in [0.5, 0.6) is 0 Å². The van der Waals surface area contributed by atoms with E-state index in [0.29, 0.717) is 0 Å². The second-order valence-electron chi connectivity index (χ2n) is 12.0. The Morgan fingerprint density at radius 2 is 0.711 bits per heavy atom. The van der Waals surface area contributed by atoms with Gasteiger partial charge in [-0.15, -0.1) is 0 Å². The maximum atomic E-state index is 2.49. The molecule has 0 fully saturated rings. The first-order valence-electron chi connectivity index (χ1n) is 15.7. The monoisotopic (exact) mass is 570 g/mol. The van der Waals surface area contributed by atoms with E-state index in [0.717, 1.165) is 6.42 Å². The van der Waals surface area contributed by atoms with Crippen molar-refractivity contribution in [2.24, 2.45) is 0 Å². The lowest BCUT2D eigenvalue weighted by Crippen LogP contribution is -1.98. The highest BCUT2D eigenvalue weighted by atomic mass is 14.3. The van der Waals surface area contributed by atoms with Crippen molar-refractivity contribution < 1.29 is 0 Å². The summed E-state index contributed by atoms with van der Waals surface area (Å²) in [4.78, 5) is 0. The van der Waals surface area contributed by atoms with E-state index in [1.807, 2.05) is 0 Å². The molecular weight excluding hydrogens is 540 g/mol. The fraction of sp³-hybridized carbons (Fsp3) is 0.0222. The standard InChI is InChI=1S/C45H30/c1-4-16-30(17-5-1)40-29-34-28-33-22-10-11-23-35(33)42(34)43(32-20-8-3-9-21-32)45(40)44-38-26-14-12-24-36(38)41(31-18-6-2-7-19-31)37-25-13-15-27-39(37)44/h1-27,29H,28H2. The second kappa shape index (κ2) is 10.5. The average molecular weight is 571 g/mol. The summed E-state index contributed by atoms with van der Waals surface area (Å²) in [6, 6.07) is 62.4. The van der Waals surface area contributed by atoms with Crippen molar-refractivity contribution in [2.45, 2.75) is 6.42 Å². The van der Waals surface area contributed by atoms with E-state index in [9.17, 15) is 0 Å². The third-order valence-corrected chi connectivity index (χ3v) is 9.47. The molecular formula is C45H30. The largest absolute Gasteiger partial charge is 0.0622 e. The van der Waals surface area contributed by atoms with Gasteiger partial charge in [0.05, 0.1) is 0 Å². The number of rotatable bonds is 4. The summed E-state index contributed by atoms with van der Waals surface area (Å²) in [5.41, 5.74) is 15.7. The minimum absolute atomic E-state index is 0.944. The summed E-state index contributed by atoms with van der Waals surface area (Å²) in [6.07, 6.45) is 0.944. The molecule has 0 aromatic heterocycles. The molecule has 1 aliphatic rings. The van der Waals surface area contributed by atoms with Crippen molar-refractivity contribution in [1.29, 1.82) is 0 Å². The quantitative estimate of drug-likeness (QED) is 0.185. The molecule has 0 heteroatoms. The van der Waals surface area contributed by atoms with Gasteiger partial charge in [0.15, 0.2) is 0 Å². The van der Waals surface area contributed by atoms with E-state index in [-0.39, 0.29) is 0 Å². The zero-order chi connectivity index (χ0) is 29.7. The molecule has 0 amide bonds. The van der Waals surface area contributed by atoms with Crippen molar-refractivity contribution >= 4 is 21.5 Å². The summed E-state index contributed by atoms with van der Waals surface area (Å²) in [7, 11) is 0. The molecule has 0 N–H and O–H groups in total. The predicted molar refractivity (Wildman–Crippen MR) is 191 cm³/mol. The smallest absolute Gasteiger partial charge is 0.000787 e. The SMILES string of the molecule is c1ccc(-c2cc3c(c(-c4ccccc4)c2-c2c4ccccc4c(-c4ccccc4)c4ccccc24)-c2ccccc2C3)cc1. The zero-order valence-electron chi connectivity index (χ0n) is 24.9. The van der Waals surface area contributed by atoms with E-state index < -0.39 is 0 Å². The predicted octanol–water partition coefficient (Wildman–Crippen LogP) is 12.2. The second-order valence-corrected chi connectivity index (χ2v) is 12.0. The van der Waals surface area contributed by atoms with Gasteiger partial charge in [-0.25, -0.2) is 0 Å². The Morgan fingerprint density at radius 1 is 0.267 bits per heavy atom. The fourth-order valence-corrected chi connectivity index (χ4v) is 7.62. The molecule has 9 rings (SSSR count). The van der Waals surface area contributed by atoms with Gasteiger partial charge in [-0.05, 0) is 101 Å². The van der Waals surface area contributed by atoms with Crippen molar-refractivity contribution in [3.05, 3.63) is 181 Å². The molecule has 0 atom stereocenters. The lowest BCUT2D eigenvalue weighted by molar-refractivity contribution is 1.26. The van der Waals surface area contributed by atoms with Crippen LogP contribution in [0, 0.1) is 0 Å². The maximum absolute atomic E-state index is 2.49. The molecule has 0 spiro atoms. The molecule has 0 nitrogen and oxygen atoms in total. The van der Waals surface area contributed by atoms with Gasteiger partial charge in [-0.3, -0.25) is 0 Å². The van der Waals surface area contributed by atoms with Gasteiger partial charge < -0.3 is 0 Å². The van der Waals surface area contributed by atoms with Crippen LogP contribution >= 0.6 is 0 Å². The summed E-state index contributed by atoms with van der Waals surface area (Å²) in [6.45, 7) is 0. The first kappa shape index (κ1) is 25.7. The maximum Gasteiger partial charge on any atom is -0.000787 e. The molecule has 0 radical (unpaired) electrons. The van der Waals surface area contributed by atoms with Crippen LogP contribution < -0.4 is 0 Å². The van der Waals surface area contributed by atoms with Crippen LogP contribution in [-0.2, 0) is 6.42 Å². The first-order chi connectivity index (χ1) is 22.4. The van der Waals surface area contributed by atoms with Crippen LogP contribution in [0.2, 0.25) is 0 Å². The van der Waals surface area contributed by atoms with Crippen LogP contribution in [0.25, 0.3) is 77.2 Å². The van der Waals surface area contributed by atoms with Crippen LogP contribution in [0.4, 0.5) is 0 Å². The Labute approximate surface area is 263 Å². The van der Waals surface area contributed by atoms with Gasteiger partial charge in [0, 0.05) is 0 Å². The Kier molecular flexibility index (Phi) is 5.99. The van der Waals surface area contributed by atoms with Gasteiger partial charge in [-0.2, -0.15) is 0 Å². The molecule has 8 aromatic carbocycles. The first-order valence-corrected chi connectivity index (χ1v) is 15.7. The van der Waals surface area contributed by atoms with Gasteiger partial charge >= 0.3 is 0 Å². The molecule has 0 bridgehead atoms. The topological polar surface area (TPSA) is 0 Å². The third kappa shape index (κ3) is 4.07. The minimum Gasteiger partial charge on any atom is -0.0622 e. The molecule has 8 aromatic rings. The molecule has 1 aliphatic carbocycles.